The molecule has 3 aromatic rings. The summed E-state index contributed by atoms with van der Waals surface area (Å²) in [5.41, 5.74) is 2.39. The van der Waals surface area contributed by atoms with Gasteiger partial charge in [-0.15, -0.1) is 0 Å². The Hall–Kier alpha value is -4.59. The number of rotatable bonds is 7. The van der Waals surface area contributed by atoms with Crippen LogP contribution in [0.5, 0.6) is 0 Å². The summed E-state index contributed by atoms with van der Waals surface area (Å²) in [4.78, 5) is 62.4. The summed E-state index contributed by atoms with van der Waals surface area (Å²) in [7, 11) is 0. The number of hydrogen-bond donors (Lipinski definition) is 2. The maximum absolute atomic E-state index is 13.0. The van der Waals surface area contributed by atoms with Crippen LogP contribution in [0.3, 0.4) is 0 Å². The molecule has 3 aromatic carbocycles. The molecule has 4 rings (SSSR count). The van der Waals surface area contributed by atoms with Crippen LogP contribution < -0.4 is 10.6 Å². The van der Waals surface area contributed by atoms with E-state index in [1.54, 1.807) is 42.5 Å². The van der Waals surface area contributed by atoms with Crippen molar-refractivity contribution in [3.8, 4) is 0 Å². The molecule has 0 saturated carbocycles. The maximum atomic E-state index is 13.0. The first kappa shape index (κ1) is 23.6. The fraction of sp³-hybridized carbons (Fsp3) is 0.148. The molecule has 2 amide bonds. The molecule has 0 bridgehead atoms. The van der Waals surface area contributed by atoms with E-state index in [-0.39, 0.29) is 52.8 Å². The Morgan fingerprint density at radius 3 is 2.20 bits per heavy atom. The number of nitrogens with one attached hydrogen (secondary N) is 2. The molecule has 1 aliphatic carbocycles. The van der Waals surface area contributed by atoms with Crippen LogP contribution in [0.15, 0.2) is 66.7 Å². The topological polar surface area (TPSA) is 119 Å². The third-order valence-electron chi connectivity index (χ3n) is 5.60. The molecular weight excluding hydrogens is 448 g/mol. The number of carbonyl (C=O) groups is 5. The van der Waals surface area contributed by atoms with Crippen LogP contribution in [0.1, 0.15) is 54.2 Å². The van der Waals surface area contributed by atoms with Crippen LogP contribution >= 0.6 is 0 Å². The predicted molar refractivity (Wildman–Crippen MR) is 127 cm³/mol. The number of carbonyl (C=O) groups excluding carboxylic acids is 5. The van der Waals surface area contributed by atoms with Crippen molar-refractivity contribution < 1.29 is 28.7 Å². The number of amides is 2. The Morgan fingerprint density at radius 2 is 1.46 bits per heavy atom. The predicted octanol–water partition coefficient (Wildman–Crippen LogP) is 3.07. The zero-order valence-corrected chi connectivity index (χ0v) is 18.9. The Labute approximate surface area is 201 Å². The third-order valence-corrected chi connectivity index (χ3v) is 5.60. The van der Waals surface area contributed by atoms with E-state index in [1.807, 2.05) is 19.1 Å². The molecule has 0 aromatic heterocycles. The van der Waals surface area contributed by atoms with Crippen molar-refractivity contribution in [3.63, 3.8) is 0 Å². The number of benzene rings is 3. The van der Waals surface area contributed by atoms with E-state index >= 15 is 0 Å². The van der Waals surface area contributed by atoms with Crippen molar-refractivity contribution >= 4 is 35.0 Å². The maximum Gasteiger partial charge on any atom is 0.308 e. The second-order valence-corrected chi connectivity index (χ2v) is 7.96. The van der Waals surface area contributed by atoms with Crippen LogP contribution in [0.2, 0.25) is 0 Å². The highest BCUT2D eigenvalue weighted by Crippen LogP contribution is 2.31. The number of hydrogen-bond acceptors (Lipinski definition) is 6. The smallest absolute Gasteiger partial charge is 0.308 e. The number of ether oxygens (including phenoxy) is 1. The first-order valence-electron chi connectivity index (χ1n) is 11.0. The van der Waals surface area contributed by atoms with Gasteiger partial charge in [0.2, 0.25) is 0 Å². The fourth-order valence-electron chi connectivity index (χ4n) is 3.85. The number of esters is 1. The fourth-order valence-corrected chi connectivity index (χ4v) is 3.85. The standard InChI is InChI=1S/C27H22N2O6/c1-16-7-2-3-8-17(16)27(34)28-14-13-23(31)35-15-22(30)29-21-12-6-11-20-24(21)26(33)19-10-5-4-9-18(19)25(20)32/h2-12H,13-15H2,1H3,(H,28,34)(H,29,30). The normalized spacial score (nSPS) is 11.8. The molecule has 0 unspecified atom stereocenters. The summed E-state index contributed by atoms with van der Waals surface area (Å²) in [6, 6.07) is 18.2. The minimum absolute atomic E-state index is 0.0514. The lowest BCUT2D eigenvalue weighted by atomic mass is 9.83. The molecule has 176 valence electrons. The molecule has 0 aliphatic heterocycles. The van der Waals surface area contributed by atoms with Gasteiger partial charge in [0.15, 0.2) is 18.2 Å². The Bertz CT molecular complexity index is 1360. The van der Waals surface area contributed by atoms with Gasteiger partial charge in [-0.1, -0.05) is 54.6 Å². The largest absolute Gasteiger partial charge is 0.456 e. The second kappa shape index (κ2) is 10.1. The monoisotopic (exact) mass is 470 g/mol. The van der Waals surface area contributed by atoms with Crippen molar-refractivity contribution in [1.82, 2.24) is 5.32 Å². The first-order valence-corrected chi connectivity index (χ1v) is 11.0. The Kier molecular flexibility index (Phi) is 6.82. The molecule has 0 fully saturated rings. The highest BCUT2D eigenvalue weighted by Gasteiger charge is 2.31. The van der Waals surface area contributed by atoms with E-state index in [4.69, 9.17) is 4.74 Å². The zero-order valence-electron chi connectivity index (χ0n) is 18.9. The van der Waals surface area contributed by atoms with E-state index < -0.39 is 18.5 Å². The highest BCUT2D eigenvalue weighted by molar-refractivity contribution is 6.30. The summed E-state index contributed by atoms with van der Waals surface area (Å²) < 4.78 is 4.98. The molecule has 8 heteroatoms. The lowest BCUT2D eigenvalue weighted by molar-refractivity contribution is -0.147. The van der Waals surface area contributed by atoms with Gasteiger partial charge in [0.05, 0.1) is 17.7 Å². The van der Waals surface area contributed by atoms with Crippen molar-refractivity contribution in [2.45, 2.75) is 13.3 Å². The molecule has 35 heavy (non-hydrogen) atoms. The molecule has 0 heterocycles. The number of ketones is 2. The van der Waals surface area contributed by atoms with Crippen LogP contribution in [-0.2, 0) is 14.3 Å². The van der Waals surface area contributed by atoms with Crippen molar-refractivity contribution in [3.05, 3.63) is 100 Å². The van der Waals surface area contributed by atoms with Gasteiger partial charge >= 0.3 is 5.97 Å². The molecule has 1 aliphatic rings. The van der Waals surface area contributed by atoms with Crippen molar-refractivity contribution in [2.24, 2.45) is 0 Å². The zero-order chi connectivity index (χ0) is 24.9. The first-order chi connectivity index (χ1) is 16.9. The summed E-state index contributed by atoms with van der Waals surface area (Å²) in [5.74, 6) is -2.29. The molecule has 0 saturated heterocycles. The summed E-state index contributed by atoms with van der Waals surface area (Å²) in [5, 5.41) is 5.19. The summed E-state index contributed by atoms with van der Waals surface area (Å²) >= 11 is 0. The van der Waals surface area contributed by atoms with E-state index in [0.29, 0.717) is 11.1 Å². The van der Waals surface area contributed by atoms with Gasteiger partial charge in [-0.25, -0.2) is 0 Å². The SMILES string of the molecule is Cc1ccccc1C(=O)NCCC(=O)OCC(=O)Nc1cccc2c1C(=O)c1ccccc1C2=O. The Balaban J connectivity index is 1.31. The number of aryl methyl sites for hydroxylation is 1. The molecule has 0 spiro atoms. The van der Waals surface area contributed by atoms with E-state index in [0.717, 1.165) is 5.56 Å². The van der Waals surface area contributed by atoms with Gasteiger partial charge in [-0.2, -0.15) is 0 Å². The van der Waals surface area contributed by atoms with E-state index in [9.17, 15) is 24.0 Å². The molecule has 8 nitrogen and oxygen atoms in total. The quantitative estimate of drug-likeness (QED) is 0.401. The number of anilines is 1. The lowest BCUT2D eigenvalue weighted by Gasteiger charge is -2.20. The van der Waals surface area contributed by atoms with Gasteiger partial charge in [0.25, 0.3) is 11.8 Å². The average Bonchev–Trinajstić information content (AvgIpc) is 2.86. The van der Waals surface area contributed by atoms with Gasteiger partial charge in [0.1, 0.15) is 0 Å². The van der Waals surface area contributed by atoms with Crippen LogP contribution in [0, 0.1) is 6.92 Å². The number of fused-ring (bicyclic) bond motifs is 2. The van der Waals surface area contributed by atoms with Crippen molar-refractivity contribution in [1.29, 1.82) is 0 Å². The van der Waals surface area contributed by atoms with Crippen molar-refractivity contribution in [2.75, 3.05) is 18.5 Å². The van der Waals surface area contributed by atoms with Gasteiger partial charge in [-0.3, -0.25) is 24.0 Å². The van der Waals surface area contributed by atoms with Crippen LogP contribution in [0.4, 0.5) is 5.69 Å². The van der Waals surface area contributed by atoms with Crippen LogP contribution in [-0.4, -0.2) is 42.5 Å². The third kappa shape index (κ3) is 5.01. The Morgan fingerprint density at radius 1 is 0.800 bits per heavy atom. The molecule has 0 radical (unpaired) electrons. The highest BCUT2D eigenvalue weighted by atomic mass is 16.5. The summed E-state index contributed by atoms with van der Waals surface area (Å²) in [6.45, 7) is 1.29. The molecule has 0 atom stereocenters. The van der Waals surface area contributed by atoms with Gasteiger partial charge < -0.3 is 15.4 Å². The average molecular weight is 470 g/mol. The molecular formula is C27H22N2O6. The minimum Gasteiger partial charge on any atom is -0.456 e. The van der Waals surface area contributed by atoms with Gasteiger partial charge in [0, 0.05) is 28.8 Å². The summed E-state index contributed by atoms with van der Waals surface area (Å²) in [6.07, 6.45) is -0.116. The van der Waals surface area contributed by atoms with E-state index in [1.165, 1.54) is 12.1 Å². The van der Waals surface area contributed by atoms with E-state index in [2.05, 4.69) is 10.6 Å². The lowest BCUT2D eigenvalue weighted by Crippen LogP contribution is -2.28. The van der Waals surface area contributed by atoms with Gasteiger partial charge in [-0.05, 0) is 24.6 Å². The molecule has 2 N–H and O–H groups in total. The van der Waals surface area contributed by atoms with Crippen LogP contribution in [0.25, 0.3) is 0 Å². The minimum atomic E-state index is -0.666. The second-order valence-electron chi connectivity index (χ2n) is 7.96.